The Morgan fingerprint density at radius 1 is 1.38 bits per heavy atom. The predicted octanol–water partition coefficient (Wildman–Crippen LogP) is 3.74. The molecule has 1 aromatic carbocycles. The van der Waals surface area contributed by atoms with Gasteiger partial charge < -0.3 is 0 Å². The van der Waals surface area contributed by atoms with Crippen LogP contribution in [0.15, 0.2) is 22.7 Å². The Morgan fingerprint density at radius 2 is 2.00 bits per heavy atom. The van der Waals surface area contributed by atoms with Gasteiger partial charge in [-0.2, -0.15) is 5.26 Å². The standard InChI is InChI=1S/C13H14BrNO/c1-8(2)12(7-15)13(16)10-4-9(3)5-11(14)6-10/h4-6,8,12H,1-3H3. The Hall–Kier alpha value is -1.14. The molecule has 2 nitrogen and oxygen atoms in total. The van der Waals surface area contributed by atoms with Crippen LogP contribution in [0.4, 0.5) is 0 Å². The minimum absolute atomic E-state index is 0.0387. The molecule has 0 saturated carbocycles. The minimum atomic E-state index is -0.561. The minimum Gasteiger partial charge on any atom is -0.293 e. The molecule has 0 radical (unpaired) electrons. The molecule has 0 fully saturated rings. The molecule has 0 aliphatic heterocycles. The van der Waals surface area contributed by atoms with Gasteiger partial charge in [-0.05, 0) is 36.6 Å². The molecule has 0 amide bonds. The van der Waals surface area contributed by atoms with Crippen LogP contribution >= 0.6 is 15.9 Å². The van der Waals surface area contributed by atoms with Crippen LogP contribution in [-0.4, -0.2) is 5.78 Å². The molecule has 1 rings (SSSR count). The Balaban J connectivity index is 3.09. The molecule has 0 bridgehead atoms. The van der Waals surface area contributed by atoms with Crippen molar-refractivity contribution in [2.75, 3.05) is 0 Å². The first-order chi connectivity index (χ1) is 7.45. The van der Waals surface area contributed by atoms with E-state index in [4.69, 9.17) is 5.26 Å². The molecule has 16 heavy (non-hydrogen) atoms. The van der Waals surface area contributed by atoms with E-state index >= 15 is 0 Å². The summed E-state index contributed by atoms with van der Waals surface area (Å²) in [5.74, 6) is -0.618. The van der Waals surface area contributed by atoms with Crippen LogP contribution in [0.1, 0.15) is 29.8 Å². The highest BCUT2D eigenvalue weighted by Gasteiger charge is 2.23. The van der Waals surface area contributed by atoms with Gasteiger partial charge in [0.2, 0.25) is 0 Å². The zero-order valence-corrected chi connectivity index (χ0v) is 11.2. The van der Waals surface area contributed by atoms with Crippen LogP contribution in [0, 0.1) is 30.1 Å². The SMILES string of the molecule is Cc1cc(Br)cc(C(=O)C(C#N)C(C)C)c1. The predicted molar refractivity (Wildman–Crippen MR) is 67.2 cm³/mol. The third-order valence-electron chi connectivity index (χ3n) is 2.41. The summed E-state index contributed by atoms with van der Waals surface area (Å²) in [6.45, 7) is 5.70. The zero-order chi connectivity index (χ0) is 12.3. The second-order valence-electron chi connectivity index (χ2n) is 4.23. The number of nitriles is 1. The fraction of sp³-hybridized carbons (Fsp3) is 0.385. The van der Waals surface area contributed by atoms with Gasteiger partial charge in [0, 0.05) is 10.0 Å². The number of halogens is 1. The van der Waals surface area contributed by atoms with Gasteiger partial charge in [0.15, 0.2) is 5.78 Å². The fourth-order valence-electron chi connectivity index (χ4n) is 1.57. The van der Waals surface area contributed by atoms with Gasteiger partial charge in [-0.1, -0.05) is 29.8 Å². The Bertz CT molecular complexity index is 425. The van der Waals surface area contributed by atoms with E-state index in [2.05, 4.69) is 22.0 Å². The highest BCUT2D eigenvalue weighted by Crippen LogP contribution is 2.21. The van der Waals surface area contributed by atoms with Gasteiger partial charge in [-0.3, -0.25) is 4.79 Å². The van der Waals surface area contributed by atoms with Crippen molar-refractivity contribution in [2.45, 2.75) is 20.8 Å². The maximum atomic E-state index is 12.1. The summed E-state index contributed by atoms with van der Waals surface area (Å²) in [4.78, 5) is 12.1. The van der Waals surface area contributed by atoms with Crippen LogP contribution < -0.4 is 0 Å². The van der Waals surface area contributed by atoms with Crippen molar-refractivity contribution < 1.29 is 4.79 Å². The molecule has 1 unspecified atom stereocenters. The summed E-state index contributed by atoms with van der Waals surface area (Å²) >= 11 is 3.35. The van der Waals surface area contributed by atoms with E-state index in [1.54, 1.807) is 6.07 Å². The number of carbonyl (C=O) groups is 1. The van der Waals surface area contributed by atoms with Crippen LogP contribution in [0.2, 0.25) is 0 Å². The average Bonchev–Trinajstić information content (AvgIpc) is 2.16. The topological polar surface area (TPSA) is 40.9 Å². The molecule has 1 atom stereocenters. The third-order valence-corrected chi connectivity index (χ3v) is 2.87. The van der Waals surface area contributed by atoms with Gasteiger partial charge >= 0.3 is 0 Å². The number of hydrogen-bond acceptors (Lipinski definition) is 2. The summed E-state index contributed by atoms with van der Waals surface area (Å²) in [5.41, 5.74) is 1.62. The van der Waals surface area contributed by atoms with Crippen LogP contribution in [0.5, 0.6) is 0 Å². The number of aryl methyl sites for hydroxylation is 1. The number of hydrogen-bond donors (Lipinski definition) is 0. The largest absolute Gasteiger partial charge is 0.293 e. The van der Waals surface area contributed by atoms with E-state index in [-0.39, 0.29) is 11.7 Å². The normalized spacial score (nSPS) is 12.2. The first-order valence-electron chi connectivity index (χ1n) is 5.16. The van der Waals surface area contributed by atoms with Gasteiger partial charge in [-0.25, -0.2) is 0 Å². The highest BCUT2D eigenvalue weighted by atomic mass is 79.9. The van der Waals surface area contributed by atoms with Crippen molar-refractivity contribution in [3.63, 3.8) is 0 Å². The highest BCUT2D eigenvalue weighted by molar-refractivity contribution is 9.10. The van der Waals surface area contributed by atoms with E-state index in [1.807, 2.05) is 32.9 Å². The van der Waals surface area contributed by atoms with Crippen LogP contribution in [0.3, 0.4) is 0 Å². The molecule has 0 spiro atoms. The molecule has 3 heteroatoms. The molecule has 0 heterocycles. The number of rotatable bonds is 3. The van der Waals surface area contributed by atoms with E-state index in [1.165, 1.54) is 0 Å². The van der Waals surface area contributed by atoms with Gasteiger partial charge in [-0.15, -0.1) is 0 Å². The van der Waals surface area contributed by atoms with Crippen molar-refractivity contribution in [2.24, 2.45) is 11.8 Å². The Morgan fingerprint density at radius 3 is 2.44 bits per heavy atom. The summed E-state index contributed by atoms with van der Waals surface area (Å²) in [6.07, 6.45) is 0. The van der Waals surface area contributed by atoms with Crippen molar-refractivity contribution in [3.8, 4) is 6.07 Å². The van der Waals surface area contributed by atoms with Gasteiger partial charge in [0.25, 0.3) is 0 Å². The number of carbonyl (C=O) groups excluding carboxylic acids is 1. The summed E-state index contributed by atoms with van der Waals surface area (Å²) in [6, 6.07) is 7.60. The summed E-state index contributed by atoms with van der Waals surface area (Å²) in [5, 5.41) is 8.98. The maximum Gasteiger partial charge on any atom is 0.180 e. The Kier molecular flexibility index (Phi) is 4.26. The molecule has 84 valence electrons. The lowest BCUT2D eigenvalue weighted by atomic mass is 9.89. The lowest BCUT2D eigenvalue weighted by Crippen LogP contribution is -2.18. The van der Waals surface area contributed by atoms with E-state index in [0.29, 0.717) is 5.56 Å². The molecule has 0 aromatic heterocycles. The second kappa shape index (κ2) is 5.27. The van der Waals surface area contributed by atoms with E-state index in [0.717, 1.165) is 10.0 Å². The lowest BCUT2D eigenvalue weighted by molar-refractivity contribution is 0.0924. The molecule has 0 aliphatic rings. The van der Waals surface area contributed by atoms with E-state index < -0.39 is 5.92 Å². The van der Waals surface area contributed by atoms with Crippen LogP contribution in [0.25, 0.3) is 0 Å². The van der Waals surface area contributed by atoms with Gasteiger partial charge in [0.1, 0.15) is 5.92 Å². The van der Waals surface area contributed by atoms with Crippen molar-refractivity contribution in [1.29, 1.82) is 5.26 Å². The molecule has 1 aromatic rings. The van der Waals surface area contributed by atoms with Crippen LogP contribution in [-0.2, 0) is 0 Å². The van der Waals surface area contributed by atoms with E-state index in [9.17, 15) is 4.79 Å². The van der Waals surface area contributed by atoms with Crippen molar-refractivity contribution in [3.05, 3.63) is 33.8 Å². The summed E-state index contributed by atoms with van der Waals surface area (Å²) in [7, 11) is 0. The van der Waals surface area contributed by atoms with Crippen molar-refractivity contribution in [1.82, 2.24) is 0 Å². The quantitative estimate of drug-likeness (QED) is 0.791. The molecule has 0 saturated heterocycles. The first kappa shape index (κ1) is 12.9. The number of ketones is 1. The van der Waals surface area contributed by atoms with Crippen molar-refractivity contribution >= 4 is 21.7 Å². The smallest absolute Gasteiger partial charge is 0.180 e. The average molecular weight is 280 g/mol. The maximum absolute atomic E-state index is 12.1. The monoisotopic (exact) mass is 279 g/mol. The summed E-state index contributed by atoms with van der Waals surface area (Å²) < 4.78 is 0.872. The first-order valence-corrected chi connectivity index (χ1v) is 5.96. The molecule has 0 aliphatic carbocycles. The lowest BCUT2D eigenvalue weighted by Gasteiger charge is -2.12. The molecular formula is C13H14BrNO. The Labute approximate surface area is 104 Å². The molecule has 0 N–H and O–H groups in total. The fourth-order valence-corrected chi connectivity index (χ4v) is 2.18. The van der Waals surface area contributed by atoms with Gasteiger partial charge in [0.05, 0.1) is 6.07 Å². The second-order valence-corrected chi connectivity index (χ2v) is 5.15. The number of benzene rings is 1. The number of Topliss-reactive ketones (excluding diaryl/α,β-unsaturated/α-hetero) is 1. The third kappa shape index (κ3) is 2.93. The number of nitrogens with zero attached hydrogens (tertiary/aromatic N) is 1. The zero-order valence-electron chi connectivity index (χ0n) is 9.62. The molecular weight excluding hydrogens is 266 g/mol.